The van der Waals surface area contributed by atoms with E-state index in [9.17, 15) is 0 Å². The fourth-order valence-corrected chi connectivity index (χ4v) is 2.67. The minimum Gasteiger partial charge on any atom is -0.378 e. The lowest BCUT2D eigenvalue weighted by Crippen LogP contribution is -2.33. The molecular formula is C23H25N2+. The highest BCUT2D eigenvalue weighted by molar-refractivity contribution is 5.70. The molecule has 1 aromatic heterocycles. The molecule has 0 aliphatic rings. The number of benzene rings is 2. The van der Waals surface area contributed by atoms with Gasteiger partial charge in [-0.15, -0.1) is 0 Å². The van der Waals surface area contributed by atoms with Crippen LogP contribution in [0.5, 0.6) is 0 Å². The molecule has 0 bridgehead atoms. The third-order valence-corrected chi connectivity index (χ3v) is 4.28. The number of aromatic nitrogens is 1. The number of pyridine rings is 1. The monoisotopic (exact) mass is 329 g/mol. The van der Waals surface area contributed by atoms with E-state index in [2.05, 4.69) is 116 Å². The fourth-order valence-electron chi connectivity index (χ4n) is 2.67. The van der Waals surface area contributed by atoms with Crippen LogP contribution < -0.4 is 9.47 Å². The van der Waals surface area contributed by atoms with Crippen LogP contribution in [0.2, 0.25) is 0 Å². The van der Waals surface area contributed by atoms with Gasteiger partial charge in [0.15, 0.2) is 18.9 Å². The van der Waals surface area contributed by atoms with Crippen molar-refractivity contribution >= 4 is 17.8 Å². The van der Waals surface area contributed by atoms with Crippen LogP contribution in [0.15, 0.2) is 73.1 Å². The molecule has 25 heavy (non-hydrogen) atoms. The molecule has 3 rings (SSSR count). The van der Waals surface area contributed by atoms with Crippen LogP contribution >= 0.6 is 0 Å². The molecule has 2 aromatic carbocycles. The lowest BCUT2D eigenvalue weighted by Gasteiger charge is -2.11. The standard InChI is InChI=1S/C23H25N2/c1-19-4-6-22(7-5-19)18-25-16-14-21(15-17-25)9-8-20-10-12-23(13-11-20)24(2)3/h4-17H,18H2,1-3H3/q+1. The third-order valence-electron chi connectivity index (χ3n) is 4.28. The molecule has 0 radical (unpaired) electrons. The average Bonchev–Trinajstić information content (AvgIpc) is 2.63. The highest BCUT2D eigenvalue weighted by Crippen LogP contribution is 2.14. The van der Waals surface area contributed by atoms with Gasteiger partial charge in [0.2, 0.25) is 0 Å². The first-order valence-electron chi connectivity index (χ1n) is 8.60. The maximum atomic E-state index is 2.20. The molecule has 0 unspecified atom stereocenters. The molecule has 3 aromatic rings. The minimum atomic E-state index is 0.899. The van der Waals surface area contributed by atoms with Gasteiger partial charge < -0.3 is 4.90 Å². The van der Waals surface area contributed by atoms with Crippen LogP contribution in [0.25, 0.3) is 12.2 Å². The zero-order chi connectivity index (χ0) is 17.6. The molecule has 0 aliphatic carbocycles. The Morgan fingerprint density at radius 3 is 1.88 bits per heavy atom. The van der Waals surface area contributed by atoms with Gasteiger partial charge in [-0.2, -0.15) is 0 Å². The Labute approximate surface area is 150 Å². The quantitative estimate of drug-likeness (QED) is 0.622. The summed E-state index contributed by atoms with van der Waals surface area (Å²) in [6.45, 7) is 3.02. The zero-order valence-corrected chi connectivity index (χ0v) is 15.2. The molecule has 0 fully saturated rings. The summed E-state index contributed by atoms with van der Waals surface area (Å²) in [7, 11) is 4.11. The van der Waals surface area contributed by atoms with Crippen LogP contribution in [0.3, 0.4) is 0 Å². The van der Waals surface area contributed by atoms with Gasteiger partial charge in [0.05, 0.1) is 0 Å². The van der Waals surface area contributed by atoms with Crippen molar-refractivity contribution in [1.29, 1.82) is 0 Å². The number of anilines is 1. The second-order valence-corrected chi connectivity index (χ2v) is 6.61. The van der Waals surface area contributed by atoms with Gasteiger partial charge in [-0.05, 0) is 30.2 Å². The van der Waals surface area contributed by atoms with E-state index in [4.69, 9.17) is 0 Å². The normalized spacial score (nSPS) is 11.0. The molecule has 2 heteroatoms. The molecule has 0 spiro atoms. The molecule has 1 heterocycles. The summed E-state index contributed by atoms with van der Waals surface area (Å²) < 4.78 is 2.20. The van der Waals surface area contributed by atoms with E-state index in [0.717, 1.165) is 6.54 Å². The predicted molar refractivity (Wildman–Crippen MR) is 107 cm³/mol. The second kappa shape index (κ2) is 7.80. The van der Waals surface area contributed by atoms with Crippen LogP contribution in [0, 0.1) is 6.92 Å². The summed E-state index contributed by atoms with van der Waals surface area (Å²) in [5.74, 6) is 0. The summed E-state index contributed by atoms with van der Waals surface area (Å²) in [5, 5.41) is 0. The van der Waals surface area contributed by atoms with Crippen LogP contribution in [0.1, 0.15) is 22.3 Å². The summed E-state index contributed by atoms with van der Waals surface area (Å²) >= 11 is 0. The minimum absolute atomic E-state index is 0.899. The first-order valence-corrected chi connectivity index (χ1v) is 8.60. The van der Waals surface area contributed by atoms with Crippen LogP contribution in [0.4, 0.5) is 5.69 Å². The lowest BCUT2D eigenvalue weighted by molar-refractivity contribution is -0.688. The van der Waals surface area contributed by atoms with E-state index in [0.29, 0.717) is 0 Å². The van der Waals surface area contributed by atoms with Crippen molar-refractivity contribution in [1.82, 2.24) is 0 Å². The summed E-state index contributed by atoms with van der Waals surface area (Å²) in [6.07, 6.45) is 8.57. The molecule has 0 N–H and O–H groups in total. The van der Waals surface area contributed by atoms with Gasteiger partial charge in [0.25, 0.3) is 0 Å². The maximum absolute atomic E-state index is 2.20. The smallest absolute Gasteiger partial charge is 0.173 e. The first kappa shape index (κ1) is 17.0. The molecule has 126 valence electrons. The Morgan fingerprint density at radius 1 is 0.760 bits per heavy atom. The average molecular weight is 329 g/mol. The molecule has 0 amide bonds. The molecule has 0 atom stereocenters. The Kier molecular flexibility index (Phi) is 5.30. The van der Waals surface area contributed by atoms with Crippen molar-refractivity contribution in [2.45, 2.75) is 13.5 Å². The number of aryl methyl sites for hydroxylation is 1. The number of rotatable bonds is 5. The van der Waals surface area contributed by atoms with Gasteiger partial charge in [0, 0.05) is 37.5 Å². The van der Waals surface area contributed by atoms with Crippen molar-refractivity contribution in [3.05, 3.63) is 95.3 Å². The topological polar surface area (TPSA) is 7.12 Å². The largest absolute Gasteiger partial charge is 0.378 e. The third kappa shape index (κ3) is 4.80. The van der Waals surface area contributed by atoms with Gasteiger partial charge in [-0.3, -0.25) is 0 Å². The Balaban J connectivity index is 1.64. The van der Waals surface area contributed by atoms with Gasteiger partial charge >= 0.3 is 0 Å². The number of nitrogens with zero attached hydrogens (tertiary/aromatic N) is 2. The molecule has 2 nitrogen and oxygen atoms in total. The van der Waals surface area contributed by atoms with E-state index in [1.165, 1.54) is 27.9 Å². The highest BCUT2D eigenvalue weighted by Gasteiger charge is 2.02. The van der Waals surface area contributed by atoms with E-state index in [1.54, 1.807) is 0 Å². The SMILES string of the molecule is Cc1ccc(C[n+]2ccc(C=Cc3ccc(N(C)C)cc3)cc2)cc1. The van der Waals surface area contributed by atoms with Crippen molar-refractivity contribution in [2.24, 2.45) is 0 Å². The number of hydrogen-bond acceptors (Lipinski definition) is 1. The summed E-state index contributed by atoms with van der Waals surface area (Å²) in [6, 6.07) is 21.6. The first-order chi connectivity index (χ1) is 12.1. The van der Waals surface area contributed by atoms with Crippen molar-refractivity contribution in [3.63, 3.8) is 0 Å². The zero-order valence-electron chi connectivity index (χ0n) is 15.2. The Bertz CT molecular complexity index is 827. The second-order valence-electron chi connectivity index (χ2n) is 6.61. The van der Waals surface area contributed by atoms with E-state index in [1.807, 2.05) is 0 Å². The molecule has 0 saturated heterocycles. The molecule has 0 saturated carbocycles. The van der Waals surface area contributed by atoms with Crippen molar-refractivity contribution < 1.29 is 4.57 Å². The maximum Gasteiger partial charge on any atom is 0.173 e. The Morgan fingerprint density at radius 2 is 1.32 bits per heavy atom. The lowest BCUT2D eigenvalue weighted by atomic mass is 10.1. The van der Waals surface area contributed by atoms with Crippen LogP contribution in [-0.2, 0) is 6.54 Å². The highest BCUT2D eigenvalue weighted by atomic mass is 15.1. The van der Waals surface area contributed by atoms with Gasteiger partial charge in [0.1, 0.15) is 0 Å². The van der Waals surface area contributed by atoms with E-state index < -0.39 is 0 Å². The Hall–Kier alpha value is -2.87. The van der Waals surface area contributed by atoms with E-state index in [-0.39, 0.29) is 0 Å². The summed E-state index contributed by atoms with van der Waals surface area (Å²) in [4.78, 5) is 2.11. The van der Waals surface area contributed by atoms with Gasteiger partial charge in [-0.1, -0.05) is 54.1 Å². The van der Waals surface area contributed by atoms with Crippen molar-refractivity contribution in [2.75, 3.05) is 19.0 Å². The number of hydrogen-bond donors (Lipinski definition) is 0. The fraction of sp³-hybridized carbons (Fsp3) is 0.174. The predicted octanol–water partition coefficient (Wildman–Crippen LogP) is 4.57. The van der Waals surface area contributed by atoms with E-state index >= 15 is 0 Å². The summed E-state index contributed by atoms with van der Waals surface area (Å²) in [5.41, 5.74) is 6.25. The van der Waals surface area contributed by atoms with Crippen molar-refractivity contribution in [3.8, 4) is 0 Å². The van der Waals surface area contributed by atoms with Gasteiger partial charge in [-0.25, -0.2) is 4.57 Å². The molecular weight excluding hydrogens is 304 g/mol. The molecule has 0 aliphatic heterocycles. The van der Waals surface area contributed by atoms with Crippen LogP contribution in [-0.4, -0.2) is 14.1 Å².